The molecule has 0 N–H and O–H groups in total. The Bertz CT molecular complexity index is 4070. The molecule has 0 aliphatic heterocycles. The molecule has 0 atom stereocenters. The van der Waals surface area contributed by atoms with Gasteiger partial charge >= 0.3 is 0 Å². The monoisotopic (exact) mass is 823 g/mol. The Morgan fingerprint density at radius 2 is 0.797 bits per heavy atom. The molecule has 1 heterocycles. The number of fused-ring (bicyclic) bond motifs is 5. The minimum Gasteiger partial charge on any atom is -0.456 e. The Kier molecular flexibility index (Phi) is 7.33. The fourth-order valence-corrected chi connectivity index (χ4v) is 8.86. The van der Waals surface area contributed by atoms with Crippen molar-refractivity contribution in [2.24, 2.45) is 0 Å². The topological polar surface area (TPSA) is 16.4 Å². The molecule has 1 aromatic heterocycles. The third kappa shape index (κ3) is 6.70. The molecule has 0 bridgehead atoms. The number of hydrogen-bond donors (Lipinski definition) is 0. The van der Waals surface area contributed by atoms with Crippen molar-refractivity contribution < 1.29 is 15.4 Å². The Morgan fingerprint density at radius 3 is 1.48 bits per heavy atom. The van der Waals surface area contributed by atoms with E-state index in [2.05, 4.69) is 24.3 Å². The van der Waals surface area contributed by atoms with Gasteiger partial charge in [0, 0.05) is 27.7 Å². The molecular weight excluding hydrogens is 775 g/mol. The van der Waals surface area contributed by atoms with Crippen LogP contribution in [-0.2, 0) is 0 Å². The molecule has 64 heavy (non-hydrogen) atoms. The summed E-state index contributed by atoms with van der Waals surface area (Å²) < 4.78 is 84.2. The van der Waals surface area contributed by atoms with E-state index in [4.69, 9.17) is 4.42 Å². The highest BCUT2D eigenvalue weighted by molar-refractivity contribution is 6.16. The van der Waals surface area contributed by atoms with Crippen LogP contribution in [0.3, 0.4) is 0 Å². The third-order valence-corrected chi connectivity index (χ3v) is 12.0. The lowest BCUT2D eigenvalue weighted by Crippen LogP contribution is -2.11. The third-order valence-electron chi connectivity index (χ3n) is 12.0. The van der Waals surface area contributed by atoms with Gasteiger partial charge < -0.3 is 9.32 Å². The van der Waals surface area contributed by atoms with E-state index in [0.717, 1.165) is 54.6 Å². The summed E-state index contributed by atoms with van der Waals surface area (Å²) >= 11 is 0. The summed E-state index contributed by atoms with van der Waals surface area (Å²) in [5.74, 6) is 0. The second-order valence-corrected chi connectivity index (χ2v) is 15.8. The maximum Gasteiger partial charge on any atom is 0.136 e. The van der Waals surface area contributed by atoms with Crippen molar-refractivity contribution in [1.29, 1.82) is 0 Å². The van der Waals surface area contributed by atoms with E-state index in [0.29, 0.717) is 39.1 Å². The first kappa shape index (κ1) is 29.7. The van der Waals surface area contributed by atoms with Gasteiger partial charge in [0.15, 0.2) is 0 Å². The number of rotatable bonds is 8. The van der Waals surface area contributed by atoms with Gasteiger partial charge in [-0.3, -0.25) is 0 Å². The predicted molar refractivity (Wildman–Crippen MR) is 271 cm³/mol. The van der Waals surface area contributed by atoms with E-state index >= 15 is 0 Å². The Balaban J connectivity index is 1.07. The lowest BCUT2D eigenvalue weighted by Gasteiger charge is -2.28. The molecular formula is C62H41NO. The van der Waals surface area contributed by atoms with E-state index in [1.165, 1.54) is 4.90 Å². The minimum atomic E-state index is -0.421. The quantitative estimate of drug-likeness (QED) is 0.152. The SMILES string of the molecule is [2H]c1c([2H])c(N(c2ccccc2-c2cccc3oc4cc5ccccc5cc4c23)c2c([2H])c([2H])c(-c3ccc(-c4cccc5ccccc45)cc3)c([2H])c2[2H])c([2H])c([2H])c1-c1ccc(-c2ccccc2)cc1. The largest absolute Gasteiger partial charge is 0.456 e. The van der Waals surface area contributed by atoms with Crippen LogP contribution in [-0.4, -0.2) is 0 Å². The predicted octanol–water partition coefficient (Wildman–Crippen LogP) is 17.7. The van der Waals surface area contributed by atoms with Gasteiger partial charge in [0.05, 0.1) is 16.7 Å². The molecule has 0 saturated heterocycles. The fraction of sp³-hybridized carbons (Fsp3) is 0. The summed E-state index contributed by atoms with van der Waals surface area (Å²) in [5.41, 5.74) is 7.43. The summed E-state index contributed by atoms with van der Waals surface area (Å²) in [4.78, 5) is 1.39. The van der Waals surface area contributed by atoms with Crippen molar-refractivity contribution in [3.8, 4) is 55.6 Å². The van der Waals surface area contributed by atoms with Crippen LogP contribution in [0.4, 0.5) is 17.1 Å². The van der Waals surface area contributed by atoms with Gasteiger partial charge in [0.2, 0.25) is 0 Å². The maximum atomic E-state index is 9.84. The van der Waals surface area contributed by atoms with Gasteiger partial charge in [-0.2, -0.15) is 0 Å². The fourth-order valence-electron chi connectivity index (χ4n) is 8.86. The summed E-state index contributed by atoms with van der Waals surface area (Å²) in [6.07, 6.45) is 0. The van der Waals surface area contributed by atoms with Crippen molar-refractivity contribution >= 4 is 60.5 Å². The molecule has 0 spiro atoms. The summed E-state index contributed by atoms with van der Waals surface area (Å²) in [7, 11) is 0. The molecule has 0 radical (unpaired) electrons. The molecule has 11 aromatic carbocycles. The van der Waals surface area contributed by atoms with Crippen LogP contribution in [0.5, 0.6) is 0 Å². The Hall–Kier alpha value is -8.46. The van der Waals surface area contributed by atoms with E-state index in [-0.39, 0.29) is 46.7 Å². The maximum absolute atomic E-state index is 9.84. The molecule has 0 aliphatic carbocycles. The zero-order valence-corrected chi connectivity index (χ0v) is 34.4. The van der Waals surface area contributed by atoms with Gasteiger partial charge in [-0.25, -0.2) is 0 Å². The number of hydrogen-bond acceptors (Lipinski definition) is 2. The second-order valence-electron chi connectivity index (χ2n) is 15.8. The zero-order valence-electron chi connectivity index (χ0n) is 42.4. The van der Waals surface area contributed by atoms with Gasteiger partial charge in [-0.15, -0.1) is 0 Å². The van der Waals surface area contributed by atoms with E-state index in [1.54, 1.807) is 36.4 Å². The highest BCUT2D eigenvalue weighted by Crippen LogP contribution is 2.46. The van der Waals surface area contributed by atoms with E-state index < -0.39 is 24.2 Å². The molecule has 0 aliphatic rings. The van der Waals surface area contributed by atoms with Gasteiger partial charge in [0.1, 0.15) is 11.2 Å². The van der Waals surface area contributed by atoms with Crippen molar-refractivity contribution in [2.45, 2.75) is 0 Å². The number of para-hydroxylation sites is 1. The summed E-state index contributed by atoms with van der Waals surface area (Å²) in [5, 5.41) is 5.86. The first-order chi connectivity index (χ1) is 35.1. The summed E-state index contributed by atoms with van der Waals surface area (Å²) in [6, 6.07) is 61.0. The van der Waals surface area contributed by atoms with Crippen molar-refractivity contribution in [2.75, 3.05) is 4.90 Å². The van der Waals surface area contributed by atoms with Gasteiger partial charge in [-0.1, -0.05) is 200 Å². The van der Waals surface area contributed by atoms with Gasteiger partial charge in [0.25, 0.3) is 0 Å². The zero-order chi connectivity index (χ0) is 49.4. The molecule has 0 saturated carbocycles. The first-order valence-corrected chi connectivity index (χ1v) is 21.3. The van der Waals surface area contributed by atoms with Crippen LogP contribution in [0.2, 0.25) is 0 Å². The Labute approximate surface area is 383 Å². The molecule has 12 aromatic rings. The van der Waals surface area contributed by atoms with Crippen molar-refractivity contribution in [3.05, 3.63) is 249 Å². The molecule has 300 valence electrons. The molecule has 12 rings (SSSR count). The Morgan fingerprint density at radius 1 is 0.312 bits per heavy atom. The average Bonchev–Trinajstić information content (AvgIpc) is 3.79. The smallest absolute Gasteiger partial charge is 0.136 e. The second kappa shape index (κ2) is 15.8. The normalized spacial score (nSPS) is 13.2. The average molecular weight is 824 g/mol. The van der Waals surface area contributed by atoms with Gasteiger partial charge in [-0.05, 0) is 120 Å². The van der Waals surface area contributed by atoms with Crippen LogP contribution in [0.1, 0.15) is 11.0 Å². The van der Waals surface area contributed by atoms with E-state index in [9.17, 15) is 11.0 Å². The number of nitrogens with zero attached hydrogens (tertiary/aromatic N) is 1. The lowest BCUT2D eigenvalue weighted by molar-refractivity contribution is 0.669. The van der Waals surface area contributed by atoms with Crippen LogP contribution >= 0.6 is 0 Å². The van der Waals surface area contributed by atoms with Crippen LogP contribution in [0.15, 0.2) is 253 Å². The molecule has 0 fully saturated rings. The molecule has 2 heteroatoms. The molecule has 0 amide bonds. The van der Waals surface area contributed by atoms with E-state index in [1.807, 2.05) is 140 Å². The highest BCUT2D eigenvalue weighted by atomic mass is 16.3. The number of anilines is 3. The molecule has 2 nitrogen and oxygen atoms in total. The standard InChI is InChI=1S/C62H41NO/c1-2-12-42(13-3-1)43-24-26-44(27-25-43)46-32-36-52(37-33-46)63(53-38-34-47(35-39-53)45-28-30-49(31-29-45)55-20-10-17-48-14-6-7-18-54(48)55)59-22-9-8-19-56(59)57-21-11-23-60-62(57)58-40-50-15-4-5-16-51(50)41-61(58)64-60/h1-41H/i32D,33D,34D,35D,36D,37D,38D,39D. The first-order valence-electron chi connectivity index (χ1n) is 25.3. The van der Waals surface area contributed by atoms with Crippen LogP contribution in [0.25, 0.3) is 99.1 Å². The lowest BCUT2D eigenvalue weighted by atomic mass is 9.95. The van der Waals surface area contributed by atoms with Crippen molar-refractivity contribution in [1.82, 2.24) is 0 Å². The molecule has 0 unspecified atom stereocenters. The number of benzene rings is 11. The minimum absolute atomic E-state index is 0.0853. The summed E-state index contributed by atoms with van der Waals surface area (Å²) in [6.45, 7) is 0. The highest BCUT2D eigenvalue weighted by Gasteiger charge is 2.21. The van der Waals surface area contributed by atoms with Crippen molar-refractivity contribution in [3.63, 3.8) is 0 Å². The van der Waals surface area contributed by atoms with Crippen LogP contribution in [0, 0.1) is 0 Å². The van der Waals surface area contributed by atoms with Crippen LogP contribution < -0.4 is 4.90 Å². The number of furan rings is 1.